The fraction of sp³-hybridized carbons (Fsp3) is 0.276. The molecular formula is C29H33NO3S. The molecular weight excluding hydrogens is 442 g/mol. The van der Waals surface area contributed by atoms with Gasteiger partial charge in [-0.1, -0.05) is 69.3 Å². The molecule has 0 aliphatic carbocycles. The summed E-state index contributed by atoms with van der Waals surface area (Å²) >= 11 is 1.32. The zero-order valence-electron chi connectivity index (χ0n) is 20.5. The van der Waals surface area contributed by atoms with Crippen molar-refractivity contribution in [3.63, 3.8) is 0 Å². The maximum absolute atomic E-state index is 11.8. The molecule has 1 N–H and O–H groups in total. The van der Waals surface area contributed by atoms with Crippen molar-refractivity contribution < 1.29 is 14.6 Å². The van der Waals surface area contributed by atoms with E-state index < -0.39 is 5.97 Å². The van der Waals surface area contributed by atoms with Gasteiger partial charge in [0.25, 0.3) is 0 Å². The van der Waals surface area contributed by atoms with E-state index in [2.05, 4.69) is 45.0 Å². The second-order valence-corrected chi connectivity index (χ2v) is 10.5. The van der Waals surface area contributed by atoms with Crippen LogP contribution in [0.1, 0.15) is 43.0 Å². The summed E-state index contributed by atoms with van der Waals surface area (Å²) in [4.78, 5) is 14.1. The van der Waals surface area contributed by atoms with E-state index in [1.807, 2.05) is 67.5 Å². The summed E-state index contributed by atoms with van der Waals surface area (Å²) in [7, 11) is 3.99. The molecule has 0 aliphatic rings. The molecule has 0 spiro atoms. The Labute approximate surface area is 207 Å². The summed E-state index contributed by atoms with van der Waals surface area (Å²) < 4.78 is 5.91. The lowest BCUT2D eigenvalue weighted by Crippen LogP contribution is -2.10. The first-order valence-corrected chi connectivity index (χ1v) is 12.3. The number of benzene rings is 3. The van der Waals surface area contributed by atoms with Crippen molar-refractivity contribution in [3.05, 3.63) is 100.0 Å². The summed E-state index contributed by atoms with van der Waals surface area (Å²) in [5, 5.41) is 9.64. The highest BCUT2D eigenvalue weighted by Gasteiger charge is 2.13. The normalized spacial score (nSPS) is 11.9. The Morgan fingerprint density at radius 2 is 1.50 bits per heavy atom. The molecule has 0 atom stereocenters. The largest absolute Gasteiger partial charge is 0.489 e. The van der Waals surface area contributed by atoms with E-state index in [0.29, 0.717) is 17.3 Å². The predicted molar refractivity (Wildman–Crippen MR) is 144 cm³/mol. The van der Waals surface area contributed by atoms with Gasteiger partial charge < -0.3 is 14.7 Å². The molecule has 3 aromatic carbocycles. The highest BCUT2D eigenvalue weighted by atomic mass is 32.2. The van der Waals surface area contributed by atoms with E-state index in [1.165, 1.54) is 17.3 Å². The molecule has 0 saturated heterocycles. The van der Waals surface area contributed by atoms with E-state index in [1.54, 1.807) is 6.08 Å². The van der Waals surface area contributed by atoms with Crippen LogP contribution in [0.4, 0.5) is 5.69 Å². The molecule has 3 aromatic rings. The van der Waals surface area contributed by atoms with Gasteiger partial charge in [-0.05, 0) is 58.0 Å². The molecule has 0 aliphatic heterocycles. The minimum absolute atomic E-state index is 0.131. The van der Waals surface area contributed by atoms with Gasteiger partial charge in [0.2, 0.25) is 0 Å². The van der Waals surface area contributed by atoms with Crippen LogP contribution in [0.25, 0.3) is 6.08 Å². The van der Waals surface area contributed by atoms with Crippen molar-refractivity contribution in [1.29, 1.82) is 0 Å². The fourth-order valence-electron chi connectivity index (χ4n) is 3.30. The molecule has 0 saturated carbocycles. The van der Waals surface area contributed by atoms with Crippen LogP contribution in [0.15, 0.2) is 77.7 Å². The maximum atomic E-state index is 11.8. The molecule has 34 heavy (non-hydrogen) atoms. The Kier molecular flexibility index (Phi) is 8.46. The Morgan fingerprint density at radius 3 is 2.03 bits per heavy atom. The second kappa shape index (κ2) is 11.3. The zero-order valence-corrected chi connectivity index (χ0v) is 21.4. The standard InChI is InChI=1S/C29H33NO3S/c1-29(2,3)24-12-6-22(7-13-24)19-33-26-16-10-21(11-17-26)18-27(28(31)32)34-20-23-8-14-25(15-9-23)30(4)5/h6-18H,19-20H2,1-5H3,(H,31,32). The van der Waals surface area contributed by atoms with Crippen LogP contribution >= 0.6 is 11.8 Å². The molecule has 0 heterocycles. The van der Waals surface area contributed by atoms with E-state index in [-0.39, 0.29) is 5.41 Å². The number of hydrogen-bond donors (Lipinski definition) is 1. The number of ether oxygens (including phenoxy) is 1. The molecule has 0 fully saturated rings. The van der Waals surface area contributed by atoms with Gasteiger partial charge >= 0.3 is 5.97 Å². The monoisotopic (exact) mass is 475 g/mol. The minimum Gasteiger partial charge on any atom is -0.489 e. The van der Waals surface area contributed by atoms with Gasteiger partial charge in [-0.3, -0.25) is 0 Å². The fourth-order valence-corrected chi connectivity index (χ4v) is 4.15. The molecule has 0 unspecified atom stereocenters. The number of carbonyl (C=O) groups is 1. The first kappa shape index (κ1) is 25.4. The highest BCUT2D eigenvalue weighted by Crippen LogP contribution is 2.26. The van der Waals surface area contributed by atoms with Gasteiger partial charge in [-0.15, -0.1) is 11.8 Å². The van der Waals surface area contributed by atoms with Crippen LogP contribution in [0.5, 0.6) is 5.75 Å². The third kappa shape index (κ3) is 7.42. The number of hydrogen-bond acceptors (Lipinski definition) is 4. The topological polar surface area (TPSA) is 49.8 Å². The van der Waals surface area contributed by atoms with Crippen molar-refractivity contribution in [3.8, 4) is 5.75 Å². The molecule has 0 bridgehead atoms. The summed E-state index contributed by atoms with van der Waals surface area (Å²) in [5.74, 6) is 0.428. The third-order valence-electron chi connectivity index (χ3n) is 5.46. The van der Waals surface area contributed by atoms with Gasteiger partial charge in [-0.25, -0.2) is 4.79 Å². The maximum Gasteiger partial charge on any atom is 0.342 e. The smallest absolute Gasteiger partial charge is 0.342 e. The summed E-state index contributed by atoms with van der Waals surface area (Å²) in [6.07, 6.45) is 1.70. The van der Waals surface area contributed by atoms with Crippen molar-refractivity contribution >= 4 is 29.5 Å². The SMILES string of the molecule is CN(C)c1ccc(CSC(=Cc2ccc(OCc3ccc(C(C)(C)C)cc3)cc2)C(=O)O)cc1. The summed E-state index contributed by atoms with van der Waals surface area (Å²) in [6.45, 7) is 7.09. The van der Waals surface area contributed by atoms with Gasteiger partial charge in [0, 0.05) is 25.5 Å². The van der Waals surface area contributed by atoms with Crippen LogP contribution in [-0.2, 0) is 22.6 Å². The van der Waals surface area contributed by atoms with Crippen molar-refractivity contribution in [2.24, 2.45) is 0 Å². The first-order valence-electron chi connectivity index (χ1n) is 11.3. The number of rotatable bonds is 9. The lowest BCUT2D eigenvalue weighted by atomic mass is 9.87. The van der Waals surface area contributed by atoms with Crippen molar-refractivity contribution in [2.75, 3.05) is 19.0 Å². The van der Waals surface area contributed by atoms with Gasteiger partial charge in [-0.2, -0.15) is 0 Å². The molecule has 3 rings (SSSR count). The summed E-state index contributed by atoms with van der Waals surface area (Å²) in [6, 6.07) is 24.1. The van der Waals surface area contributed by atoms with Gasteiger partial charge in [0.05, 0.1) is 4.91 Å². The molecule has 0 radical (unpaired) electrons. The van der Waals surface area contributed by atoms with Gasteiger partial charge in [0.1, 0.15) is 12.4 Å². The van der Waals surface area contributed by atoms with Crippen LogP contribution in [0, 0.1) is 0 Å². The lowest BCUT2D eigenvalue weighted by Gasteiger charge is -2.19. The zero-order chi connectivity index (χ0) is 24.7. The Morgan fingerprint density at radius 1 is 0.912 bits per heavy atom. The van der Waals surface area contributed by atoms with Crippen molar-refractivity contribution in [1.82, 2.24) is 0 Å². The number of nitrogens with zero attached hydrogens (tertiary/aromatic N) is 1. The van der Waals surface area contributed by atoms with Crippen LogP contribution in [-0.4, -0.2) is 25.2 Å². The Balaban J connectivity index is 1.59. The molecule has 5 heteroatoms. The molecule has 178 valence electrons. The average Bonchev–Trinajstić information content (AvgIpc) is 2.81. The number of aliphatic carboxylic acids is 1. The first-order chi connectivity index (χ1) is 16.1. The quantitative estimate of drug-likeness (QED) is 0.338. The van der Waals surface area contributed by atoms with E-state index in [9.17, 15) is 9.90 Å². The minimum atomic E-state index is -0.922. The number of thioether (sulfide) groups is 1. The Hall–Kier alpha value is -3.18. The number of carboxylic acids is 1. The number of carboxylic acid groups (broad SMARTS) is 1. The van der Waals surface area contributed by atoms with E-state index in [4.69, 9.17) is 4.74 Å². The molecule has 0 amide bonds. The summed E-state index contributed by atoms with van der Waals surface area (Å²) in [5.41, 5.74) is 5.57. The van der Waals surface area contributed by atoms with E-state index >= 15 is 0 Å². The second-order valence-electron chi connectivity index (χ2n) is 9.47. The van der Waals surface area contributed by atoms with Gasteiger partial charge in [0.15, 0.2) is 0 Å². The van der Waals surface area contributed by atoms with Crippen LogP contribution < -0.4 is 9.64 Å². The number of anilines is 1. The van der Waals surface area contributed by atoms with E-state index in [0.717, 1.165) is 28.1 Å². The average molecular weight is 476 g/mol. The molecule has 4 nitrogen and oxygen atoms in total. The van der Waals surface area contributed by atoms with Crippen LogP contribution in [0.2, 0.25) is 0 Å². The molecule has 0 aromatic heterocycles. The lowest BCUT2D eigenvalue weighted by molar-refractivity contribution is -0.131. The van der Waals surface area contributed by atoms with Crippen molar-refractivity contribution in [2.45, 2.75) is 38.5 Å². The van der Waals surface area contributed by atoms with Crippen LogP contribution in [0.3, 0.4) is 0 Å². The highest BCUT2D eigenvalue weighted by molar-refractivity contribution is 8.03. The predicted octanol–water partition coefficient (Wildman–Crippen LogP) is 6.99. The Bertz CT molecular complexity index is 1110. The third-order valence-corrected chi connectivity index (χ3v) is 6.54.